The second kappa shape index (κ2) is 5.88. The lowest BCUT2D eigenvalue weighted by atomic mass is 10.4. The van der Waals surface area contributed by atoms with Gasteiger partial charge in [0.05, 0.1) is 13.2 Å². The quantitative estimate of drug-likeness (QED) is 0.505. The van der Waals surface area contributed by atoms with Crippen LogP contribution < -0.4 is 0 Å². The van der Waals surface area contributed by atoms with Gasteiger partial charge in [0, 0.05) is 13.1 Å². The fourth-order valence-corrected chi connectivity index (χ4v) is 0.703. The lowest BCUT2D eigenvalue weighted by molar-refractivity contribution is -0.127. The molecule has 64 valence electrons. The van der Waals surface area contributed by atoms with Gasteiger partial charge in [-0.1, -0.05) is 6.58 Å². The molecule has 1 amide bonds. The Bertz CT molecular complexity index is 130. The Balaban J connectivity index is 3.86. The number of amides is 1. The van der Waals surface area contributed by atoms with Gasteiger partial charge in [-0.2, -0.15) is 0 Å². The molecule has 0 radical (unpaired) electrons. The van der Waals surface area contributed by atoms with Gasteiger partial charge >= 0.3 is 0 Å². The highest BCUT2D eigenvalue weighted by molar-refractivity contribution is 5.86. The maximum Gasteiger partial charge on any atom is 0.246 e. The van der Waals surface area contributed by atoms with Gasteiger partial charge in [-0.15, -0.1) is 0 Å². The zero-order valence-corrected chi connectivity index (χ0v) is 6.36. The lowest BCUT2D eigenvalue weighted by Gasteiger charge is -2.17. The van der Waals surface area contributed by atoms with Crippen LogP contribution in [0.25, 0.3) is 0 Å². The Kier molecular flexibility index (Phi) is 5.42. The van der Waals surface area contributed by atoms with Crippen molar-refractivity contribution in [2.24, 2.45) is 0 Å². The van der Waals surface area contributed by atoms with Crippen LogP contribution in [0.1, 0.15) is 0 Å². The van der Waals surface area contributed by atoms with Crippen LogP contribution in [0.15, 0.2) is 12.7 Å². The normalized spacial score (nSPS) is 9.27. The first kappa shape index (κ1) is 10.1. The van der Waals surface area contributed by atoms with E-state index in [0.717, 1.165) is 6.08 Å². The molecule has 0 spiro atoms. The van der Waals surface area contributed by atoms with Crippen molar-refractivity contribution in [1.29, 1.82) is 0 Å². The molecule has 0 aliphatic heterocycles. The number of carbonyl (C=O) groups excluding carboxylic acids is 1. The largest absolute Gasteiger partial charge is 0.395 e. The van der Waals surface area contributed by atoms with Crippen molar-refractivity contribution in [3.05, 3.63) is 12.7 Å². The summed E-state index contributed by atoms with van der Waals surface area (Å²) in [6.07, 6.45) is 1.16. The monoisotopic (exact) mass is 159 g/mol. The van der Waals surface area contributed by atoms with Gasteiger partial charge in [0.2, 0.25) is 5.91 Å². The predicted molar refractivity (Wildman–Crippen MR) is 40.9 cm³/mol. The minimum Gasteiger partial charge on any atom is -0.395 e. The van der Waals surface area contributed by atoms with Crippen molar-refractivity contribution < 1.29 is 15.0 Å². The first-order valence-electron chi connectivity index (χ1n) is 3.39. The van der Waals surface area contributed by atoms with E-state index in [9.17, 15) is 4.79 Å². The smallest absolute Gasteiger partial charge is 0.246 e. The third-order valence-corrected chi connectivity index (χ3v) is 1.23. The van der Waals surface area contributed by atoms with E-state index >= 15 is 0 Å². The van der Waals surface area contributed by atoms with Crippen LogP contribution >= 0.6 is 0 Å². The molecule has 0 aromatic heterocycles. The Morgan fingerprint density at radius 3 is 2.09 bits per heavy atom. The van der Waals surface area contributed by atoms with Gasteiger partial charge in [-0.25, -0.2) is 0 Å². The van der Waals surface area contributed by atoms with E-state index in [4.69, 9.17) is 10.2 Å². The van der Waals surface area contributed by atoms with Gasteiger partial charge in [0.1, 0.15) is 0 Å². The van der Waals surface area contributed by atoms with Crippen LogP contribution in [0.5, 0.6) is 0 Å². The lowest BCUT2D eigenvalue weighted by Crippen LogP contribution is -2.34. The average Bonchev–Trinajstić information content (AvgIpc) is 2.03. The molecule has 0 bridgehead atoms. The summed E-state index contributed by atoms with van der Waals surface area (Å²) in [5.41, 5.74) is 0. The van der Waals surface area contributed by atoms with E-state index in [1.54, 1.807) is 0 Å². The van der Waals surface area contributed by atoms with Gasteiger partial charge in [0.25, 0.3) is 0 Å². The van der Waals surface area contributed by atoms with Crippen LogP contribution in [0.2, 0.25) is 0 Å². The summed E-state index contributed by atoms with van der Waals surface area (Å²) >= 11 is 0. The summed E-state index contributed by atoms with van der Waals surface area (Å²) in [5, 5.41) is 17.0. The maximum absolute atomic E-state index is 10.9. The van der Waals surface area contributed by atoms with Crippen LogP contribution in [0, 0.1) is 0 Å². The standard InChI is InChI=1S/C7H13NO3/c1-2-7(11)8(3-5-9)4-6-10/h2,9-10H,1,3-6H2. The third-order valence-electron chi connectivity index (χ3n) is 1.23. The molecule has 0 unspecified atom stereocenters. The molecular formula is C7H13NO3. The first-order chi connectivity index (χ1) is 5.26. The molecule has 0 aromatic rings. The first-order valence-corrected chi connectivity index (χ1v) is 3.39. The second-order valence-electron chi connectivity index (χ2n) is 1.98. The van der Waals surface area contributed by atoms with Gasteiger partial charge in [0.15, 0.2) is 0 Å². The molecular weight excluding hydrogens is 146 g/mol. The number of aliphatic hydroxyl groups is 2. The molecule has 0 fully saturated rings. The molecule has 0 saturated heterocycles. The summed E-state index contributed by atoms with van der Waals surface area (Å²) in [6, 6.07) is 0. The molecule has 0 aromatic carbocycles. The highest BCUT2D eigenvalue weighted by atomic mass is 16.3. The highest BCUT2D eigenvalue weighted by Gasteiger charge is 2.06. The van der Waals surface area contributed by atoms with Crippen molar-refractivity contribution in [3.8, 4) is 0 Å². The second-order valence-corrected chi connectivity index (χ2v) is 1.98. The van der Waals surface area contributed by atoms with E-state index in [-0.39, 0.29) is 32.2 Å². The summed E-state index contributed by atoms with van der Waals surface area (Å²) in [6.45, 7) is 3.58. The fraction of sp³-hybridized carbons (Fsp3) is 0.571. The van der Waals surface area contributed by atoms with Crippen LogP contribution in [0.4, 0.5) is 0 Å². The van der Waals surface area contributed by atoms with E-state index < -0.39 is 0 Å². The topological polar surface area (TPSA) is 60.8 Å². The van der Waals surface area contributed by atoms with Gasteiger partial charge in [-0.05, 0) is 6.08 Å². The highest BCUT2D eigenvalue weighted by Crippen LogP contribution is 1.88. The fourth-order valence-electron chi connectivity index (χ4n) is 0.703. The molecule has 0 heterocycles. The number of carbonyl (C=O) groups is 1. The number of rotatable bonds is 5. The van der Waals surface area contributed by atoms with Crippen LogP contribution in [-0.4, -0.2) is 47.3 Å². The average molecular weight is 159 g/mol. The van der Waals surface area contributed by atoms with Crippen molar-refractivity contribution in [2.45, 2.75) is 0 Å². The minimum absolute atomic E-state index is 0.0976. The Hall–Kier alpha value is -0.870. The molecule has 4 heteroatoms. The van der Waals surface area contributed by atoms with Crippen LogP contribution in [0.3, 0.4) is 0 Å². The molecule has 0 saturated carbocycles. The maximum atomic E-state index is 10.9. The Morgan fingerprint density at radius 1 is 1.36 bits per heavy atom. The Labute approximate surface area is 65.7 Å². The van der Waals surface area contributed by atoms with E-state index in [0.29, 0.717) is 0 Å². The minimum atomic E-state index is -0.270. The SMILES string of the molecule is C=CC(=O)N(CCO)CCO. The summed E-state index contributed by atoms with van der Waals surface area (Å²) in [4.78, 5) is 12.2. The van der Waals surface area contributed by atoms with Crippen molar-refractivity contribution >= 4 is 5.91 Å². The van der Waals surface area contributed by atoms with Crippen molar-refractivity contribution in [2.75, 3.05) is 26.3 Å². The Morgan fingerprint density at radius 2 is 1.82 bits per heavy atom. The molecule has 11 heavy (non-hydrogen) atoms. The summed E-state index contributed by atoms with van der Waals surface area (Å²) in [7, 11) is 0. The molecule has 0 rings (SSSR count). The number of hydrogen-bond acceptors (Lipinski definition) is 3. The zero-order valence-electron chi connectivity index (χ0n) is 6.36. The van der Waals surface area contributed by atoms with Crippen LogP contribution in [-0.2, 0) is 4.79 Å². The molecule has 0 aliphatic carbocycles. The van der Waals surface area contributed by atoms with E-state index in [1.807, 2.05) is 0 Å². The number of nitrogens with zero attached hydrogens (tertiary/aromatic N) is 1. The van der Waals surface area contributed by atoms with Gasteiger partial charge in [-0.3, -0.25) is 4.79 Å². The predicted octanol–water partition coefficient (Wildman–Crippen LogP) is -1.01. The molecule has 4 nitrogen and oxygen atoms in total. The van der Waals surface area contributed by atoms with Crippen molar-refractivity contribution in [3.63, 3.8) is 0 Å². The van der Waals surface area contributed by atoms with E-state index in [1.165, 1.54) is 4.90 Å². The summed E-state index contributed by atoms with van der Waals surface area (Å²) in [5.74, 6) is -0.270. The van der Waals surface area contributed by atoms with Crippen molar-refractivity contribution in [1.82, 2.24) is 4.90 Å². The summed E-state index contributed by atoms with van der Waals surface area (Å²) < 4.78 is 0. The number of hydrogen-bond donors (Lipinski definition) is 2. The van der Waals surface area contributed by atoms with Gasteiger partial charge < -0.3 is 15.1 Å². The molecule has 0 aliphatic rings. The number of aliphatic hydroxyl groups excluding tert-OH is 2. The van der Waals surface area contributed by atoms with E-state index in [2.05, 4.69) is 6.58 Å². The molecule has 2 N–H and O–H groups in total. The molecule has 0 atom stereocenters. The third kappa shape index (κ3) is 3.75. The zero-order chi connectivity index (χ0) is 8.69.